The zero-order valence-corrected chi connectivity index (χ0v) is 7.58. The predicted octanol–water partition coefficient (Wildman–Crippen LogP) is 1.45. The molecule has 12 heavy (non-hydrogen) atoms. The SMILES string of the molecule is C/C=C1/COCC/C1=N/C=N\C. The lowest BCUT2D eigenvalue weighted by atomic mass is 10.1. The molecule has 0 radical (unpaired) electrons. The van der Waals surface area contributed by atoms with Crippen LogP contribution in [0.2, 0.25) is 0 Å². The maximum absolute atomic E-state index is 5.29. The van der Waals surface area contributed by atoms with Gasteiger partial charge in [0.25, 0.3) is 0 Å². The first-order valence-electron chi connectivity index (χ1n) is 4.09. The normalized spacial score (nSPS) is 25.8. The second-order valence-electron chi connectivity index (χ2n) is 2.57. The average Bonchev–Trinajstić information content (AvgIpc) is 2.15. The van der Waals surface area contributed by atoms with Crippen molar-refractivity contribution in [2.24, 2.45) is 9.98 Å². The Morgan fingerprint density at radius 2 is 2.33 bits per heavy atom. The maximum atomic E-state index is 5.29. The standard InChI is InChI=1S/C9H14N2O/c1-3-8-6-12-5-4-9(8)11-7-10-2/h3,7H,4-6H2,1-2H3/b8-3-,10-7-,11-9-. The Morgan fingerprint density at radius 1 is 1.50 bits per heavy atom. The second-order valence-corrected chi connectivity index (χ2v) is 2.57. The van der Waals surface area contributed by atoms with E-state index in [1.807, 2.05) is 13.0 Å². The van der Waals surface area contributed by atoms with Gasteiger partial charge in [0.05, 0.1) is 13.2 Å². The summed E-state index contributed by atoms with van der Waals surface area (Å²) in [4.78, 5) is 8.05. The molecule has 0 bridgehead atoms. The largest absolute Gasteiger partial charge is 0.376 e. The molecule has 0 aromatic carbocycles. The molecule has 0 amide bonds. The molecule has 3 nitrogen and oxygen atoms in total. The Labute approximate surface area is 72.9 Å². The Kier molecular flexibility index (Phi) is 3.67. The summed E-state index contributed by atoms with van der Waals surface area (Å²) in [5.41, 5.74) is 2.29. The topological polar surface area (TPSA) is 34.0 Å². The highest BCUT2D eigenvalue weighted by Gasteiger charge is 2.11. The molecule has 0 saturated carbocycles. The first-order chi connectivity index (χ1) is 5.88. The van der Waals surface area contributed by atoms with Gasteiger partial charge in [0.1, 0.15) is 6.34 Å². The molecule has 0 aromatic rings. The molecule has 1 fully saturated rings. The highest BCUT2D eigenvalue weighted by Crippen LogP contribution is 2.09. The summed E-state index contributed by atoms with van der Waals surface area (Å²) >= 11 is 0. The third-order valence-corrected chi connectivity index (χ3v) is 1.79. The van der Waals surface area contributed by atoms with Gasteiger partial charge in [-0.25, -0.2) is 4.99 Å². The first kappa shape index (κ1) is 9.13. The molecular weight excluding hydrogens is 152 g/mol. The fourth-order valence-electron chi connectivity index (χ4n) is 1.12. The third-order valence-electron chi connectivity index (χ3n) is 1.79. The molecule has 0 spiro atoms. The fraction of sp³-hybridized carbons (Fsp3) is 0.556. The summed E-state index contributed by atoms with van der Waals surface area (Å²) in [7, 11) is 1.72. The van der Waals surface area contributed by atoms with Crippen LogP contribution in [0.1, 0.15) is 13.3 Å². The van der Waals surface area contributed by atoms with Crippen LogP contribution in [0.15, 0.2) is 21.6 Å². The lowest BCUT2D eigenvalue weighted by Crippen LogP contribution is -2.18. The van der Waals surface area contributed by atoms with Gasteiger partial charge in [0, 0.05) is 19.2 Å². The Hall–Kier alpha value is -0.960. The molecule has 1 heterocycles. The minimum absolute atomic E-state index is 0.687. The average molecular weight is 166 g/mol. The molecule has 1 aliphatic rings. The first-order valence-corrected chi connectivity index (χ1v) is 4.09. The van der Waals surface area contributed by atoms with Crippen molar-refractivity contribution in [1.82, 2.24) is 0 Å². The molecule has 0 N–H and O–H groups in total. The van der Waals surface area contributed by atoms with Crippen molar-refractivity contribution in [2.75, 3.05) is 20.3 Å². The molecule has 66 valence electrons. The van der Waals surface area contributed by atoms with Gasteiger partial charge >= 0.3 is 0 Å². The minimum atomic E-state index is 0.687. The van der Waals surface area contributed by atoms with Gasteiger partial charge in [0.15, 0.2) is 0 Å². The summed E-state index contributed by atoms with van der Waals surface area (Å²) in [6, 6.07) is 0. The van der Waals surface area contributed by atoms with E-state index in [2.05, 4.69) is 9.98 Å². The molecule has 1 rings (SSSR count). The monoisotopic (exact) mass is 166 g/mol. The zero-order chi connectivity index (χ0) is 8.81. The van der Waals surface area contributed by atoms with Crippen LogP contribution in [0.25, 0.3) is 0 Å². The summed E-state index contributed by atoms with van der Waals surface area (Å²) in [6.07, 6.45) is 4.53. The van der Waals surface area contributed by atoms with Crippen LogP contribution in [-0.4, -0.2) is 32.3 Å². The van der Waals surface area contributed by atoms with Crippen LogP contribution in [0.5, 0.6) is 0 Å². The number of hydrogen-bond acceptors (Lipinski definition) is 2. The van der Waals surface area contributed by atoms with E-state index in [1.165, 1.54) is 5.57 Å². The van der Waals surface area contributed by atoms with Crippen molar-refractivity contribution in [3.05, 3.63) is 11.6 Å². The molecule has 0 aliphatic carbocycles. The maximum Gasteiger partial charge on any atom is 0.109 e. The van der Waals surface area contributed by atoms with Crippen LogP contribution in [0.3, 0.4) is 0 Å². The summed E-state index contributed by atoms with van der Waals surface area (Å²) in [5.74, 6) is 0. The van der Waals surface area contributed by atoms with Gasteiger partial charge in [-0.05, 0) is 12.5 Å². The van der Waals surface area contributed by atoms with E-state index in [1.54, 1.807) is 13.4 Å². The zero-order valence-electron chi connectivity index (χ0n) is 7.58. The van der Waals surface area contributed by atoms with Gasteiger partial charge in [-0.15, -0.1) is 0 Å². The highest BCUT2D eigenvalue weighted by atomic mass is 16.5. The van der Waals surface area contributed by atoms with Crippen molar-refractivity contribution in [2.45, 2.75) is 13.3 Å². The van der Waals surface area contributed by atoms with Gasteiger partial charge in [-0.1, -0.05) is 6.08 Å². The van der Waals surface area contributed by atoms with Gasteiger partial charge in [0.2, 0.25) is 0 Å². The summed E-state index contributed by atoms with van der Waals surface area (Å²) in [6.45, 7) is 3.46. The van der Waals surface area contributed by atoms with E-state index < -0.39 is 0 Å². The van der Waals surface area contributed by atoms with E-state index >= 15 is 0 Å². The van der Waals surface area contributed by atoms with Gasteiger partial charge in [-0.3, -0.25) is 4.99 Å². The number of ether oxygens (including phenoxy) is 1. The number of hydrogen-bond donors (Lipinski definition) is 0. The molecule has 1 saturated heterocycles. The van der Waals surface area contributed by atoms with Crippen molar-refractivity contribution in [1.29, 1.82) is 0 Å². The van der Waals surface area contributed by atoms with Crippen molar-refractivity contribution < 1.29 is 4.74 Å². The number of allylic oxidation sites excluding steroid dienone is 1. The quantitative estimate of drug-likeness (QED) is 0.429. The van der Waals surface area contributed by atoms with E-state index in [0.717, 1.165) is 18.7 Å². The molecule has 0 unspecified atom stereocenters. The molecule has 3 heteroatoms. The smallest absolute Gasteiger partial charge is 0.109 e. The molecule has 0 atom stereocenters. The number of nitrogens with zero attached hydrogens (tertiary/aromatic N) is 2. The minimum Gasteiger partial charge on any atom is -0.376 e. The van der Waals surface area contributed by atoms with E-state index in [4.69, 9.17) is 4.74 Å². The third kappa shape index (κ3) is 2.27. The van der Waals surface area contributed by atoms with Crippen LogP contribution < -0.4 is 0 Å². The lowest BCUT2D eigenvalue weighted by molar-refractivity contribution is 0.157. The Bertz CT molecular complexity index is 229. The second kappa shape index (κ2) is 4.83. The van der Waals surface area contributed by atoms with Crippen LogP contribution in [-0.2, 0) is 4.74 Å². The molecule has 0 aromatic heterocycles. The van der Waals surface area contributed by atoms with Gasteiger partial charge < -0.3 is 4.74 Å². The predicted molar refractivity (Wildman–Crippen MR) is 51.0 cm³/mol. The van der Waals surface area contributed by atoms with Gasteiger partial charge in [-0.2, -0.15) is 0 Å². The lowest BCUT2D eigenvalue weighted by Gasteiger charge is -2.16. The van der Waals surface area contributed by atoms with E-state index in [-0.39, 0.29) is 0 Å². The van der Waals surface area contributed by atoms with Crippen molar-refractivity contribution >= 4 is 12.1 Å². The van der Waals surface area contributed by atoms with Crippen molar-refractivity contribution in [3.63, 3.8) is 0 Å². The molecular formula is C9H14N2O. The number of aliphatic imine (C=N–C) groups is 2. The number of rotatable bonds is 1. The van der Waals surface area contributed by atoms with Crippen molar-refractivity contribution in [3.8, 4) is 0 Å². The van der Waals surface area contributed by atoms with Crippen LogP contribution in [0, 0.1) is 0 Å². The van der Waals surface area contributed by atoms with E-state index in [9.17, 15) is 0 Å². The summed E-state index contributed by atoms with van der Waals surface area (Å²) < 4.78 is 5.29. The summed E-state index contributed by atoms with van der Waals surface area (Å²) in [5, 5.41) is 0. The van der Waals surface area contributed by atoms with E-state index in [0.29, 0.717) is 6.61 Å². The Balaban J connectivity index is 2.71. The highest BCUT2D eigenvalue weighted by molar-refractivity contribution is 6.04. The van der Waals surface area contributed by atoms with Crippen LogP contribution >= 0.6 is 0 Å². The van der Waals surface area contributed by atoms with Crippen LogP contribution in [0.4, 0.5) is 0 Å². The molecule has 1 aliphatic heterocycles. The fourth-order valence-corrected chi connectivity index (χ4v) is 1.12. The Morgan fingerprint density at radius 3 is 3.00 bits per heavy atom.